The van der Waals surface area contributed by atoms with Gasteiger partial charge in [-0.1, -0.05) is 182 Å². The molecule has 56 heavy (non-hydrogen) atoms. The molecule has 0 aromatic carbocycles. The molecule has 6 heteroatoms. The summed E-state index contributed by atoms with van der Waals surface area (Å²) in [6, 6.07) is 0. The van der Waals surface area contributed by atoms with E-state index in [-0.39, 0.29) is 31.6 Å². The second-order valence-electron chi connectivity index (χ2n) is 14.4. The van der Waals surface area contributed by atoms with E-state index in [1.54, 1.807) is 0 Å². The Balaban J connectivity index is 4.54. The van der Waals surface area contributed by atoms with Crippen LogP contribution in [0.5, 0.6) is 0 Å². The normalized spacial score (nSPS) is 13.0. The molecule has 0 heterocycles. The third-order valence-corrected chi connectivity index (χ3v) is 8.95. The van der Waals surface area contributed by atoms with Crippen molar-refractivity contribution in [2.75, 3.05) is 13.2 Å². The van der Waals surface area contributed by atoms with Crippen LogP contribution in [0.2, 0.25) is 0 Å². The first kappa shape index (κ1) is 52.3. The van der Waals surface area contributed by atoms with Crippen molar-refractivity contribution in [3.63, 3.8) is 0 Å². The average Bonchev–Trinajstić information content (AvgIpc) is 3.19. The molecule has 0 saturated carbocycles. The number of esters is 3. The molecule has 0 radical (unpaired) electrons. The molecule has 1 unspecified atom stereocenters. The number of ether oxygens (including phenoxy) is 3. The summed E-state index contributed by atoms with van der Waals surface area (Å²) in [4.78, 5) is 37.7. The summed E-state index contributed by atoms with van der Waals surface area (Å²) in [6.45, 7) is 6.30. The SMILES string of the molecule is CC\C=C/C=C\C=C/C=C\C=C/CCCC(=O)OC(COC(=O)CCCCCC/C=C\CCCC)COC(=O)CCCCCCCC/C=C\C=C/CCCCC. The van der Waals surface area contributed by atoms with Crippen LogP contribution in [0.3, 0.4) is 0 Å². The lowest BCUT2D eigenvalue weighted by Gasteiger charge is -2.18. The van der Waals surface area contributed by atoms with Crippen LogP contribution < -0.4 is 0 Å². The second-order valence-corrected chi connectivity index (χ2v) is 14.4. The number of hydrogen-bond donors (Lipinski definition) is 0. The van der Waals surface area contributed by atoms with Gasteiger partial charge in [-0.2, -0.15) is 0 Å². The molecule has 0 fully saturated rings. The molecule has 0 aliphatic carbocycles. The van der Waals surface area contributed by atoms with Gasteiger partial charge in [0, 0.05) is 19.3 Å². The maximum absolute atomic E-state index is 12.7. The zero-order valence-corrected chi connectivity index (χ0v) is 35.9. The van der Waals surface area contributed by atoms with Crippen molar-refractivity contribution in [1.82, 2.24) is 0 Å². The molecule has 0 aromatic heterocycles. The molecule has 0 aliphatic rings. The Labute approximate surface area is 343 Å². The van der Waals surface area contributed by atoms with E-state index in [1.165, 1.54) is 51.4 Å². The Morgan fingerprint density at radius 3 is 1.27 bits per heavy atom. The zero-order valence-electron chi connectivity index (χ0n) is 35.9. The summed E-state index contributed by atoms with van der Waals surface area (Å²) in [5.74, 6) is -1.03. The van der Waals surface area contributed by atoms with Gasteiger partial charge in [0.15, 0.2) is 6.10 Å². The first-order chi connectivity index (χ1) is 27.5. The van der Waals surface area contributed by atoms with Crippen molar-refractivity contribution in [1.29, 1.82) is 0 Å². The van der Waals surface area contributed by atoms with Crippen molar-refractivity contribution in [3.05, 3.63) is 97.2 Å². The summed E-state index contributed by atoms with van der Waals surface area (Å²) in [7, 11) is 0. The predicted octanol–water partition coefficient (Wildman–Crippen LogP) is 14.2. The van der Waals surface area contributed by atoms with Crippen molar-refractivity contribution >= 4 is 17.9 Å². The van der Waals surface area contributed by atoms with E-state index >= 15 is 0 Å². The van der Waals surface area contributed by atoms with Gasteiger partial charge in [0.05, 0.1) is 0 Å². The van der Waals surface area contributed by atoms with Gasteiger partial charge in [0.1, 0.15) is 13.2 Å². The fourth-order valence-electron chi connectivity index (χ4n) is 5.56. The highest BCUT2D eigenvalue weighted by atomic mass is 16.6. The van der Waals surface area contributed by atoms with Crippen molar-refractivity contribution in [2.24, 2.45) is 0 Å². The zero-order chi connectivity index (χ0) is 40.8. The van der Waals surface area contributed by atoms with Gasteiger partial charge in [-0.15, -0.1) is 0 Å². The van der Waals surface area contributed by atoms with E-state index in [0.29, 0.717) is 19.3 Å². The molecule has 0 amide bonds. The van der Waals surface area contributed by atoms with Crippen LogP contribution in [0.4, 0.5) is 0 Å². The minimum absolute atomic E-state index is 0.118. The molecular formula is C50H80O6. The Kier molecular flexibility index (Phi) is 41.2. The van der Waals surface area contributed by atoms with Crippen LogP contribution in [-0.2, 0) is 28.6 Å². The molecule has 0 aliphatic heterocycles. The third kappa shape index (κ3) is 41.5. The molecule has 0 rings (SSSR count). The highest BCUT2D eigenvalue weighted by molar-refractivity contribution is 5.71. The molecule has 0 N–H and O–H groups in total. The highest BCUT2D eigenvalue weighted by Crippen LogP contribution is 2.12. The number of rotatable bonds is 38. The lowest BCUT2D eigenvalue weighted by Crippen LogP contribution is -2.30. The Hall–Kier alpha value is -3.67. The summed E-state index contributed by atoms with van der Waals surface area (Å²) >= 11 is 0. The van der Waals surface area contributed by atoms with E-state index < -0.39 is 12.1 Å². The first-order valence-electron chi connectivity index (χ1n) is 22.3. The number of carbonyl (C=O) groups is 3. The number of hydrogen-bond acceptors (Lipinski definition) is 6. The van der Waals surface area contributed by atoms with E-state index in [4.69, 9.17) is 14.2 Å². The van der Waals surface area contributed by atoms with E-state index in [2.05, 4.69) is 63.3 Å². The third-order valence-electron chi connectivity index (χ3n) is 8.95. The largest absolute Gasteiger partial charge is 0.462 e. The van der Waals surface area contributed by atoms with Crippen molar-refractivity contribution < 1.29 is 28.6 Å². The van der Waals surface area contributed by atoms with Crippen LogP contribution in [-0.4, -0.2) is 37.2 Å². The van der Waals surface area contributed by atoms with Gasteiger partial charge in [-0.05, 0) is 77.0 Å². The Bertz CT molecular complexity index is 1170. The predicted molar refractivity (Wildman–Crippen MR) is 237 cm³/mol. The highest BCUT2D eigenvalue weighted by Gasteiger charge is 2.19. The monoisotopic (exact) mass is 777 g/mol. The molecule has 316 valence electrons. The Morgan fingerprint density at radius 1 is 0.375 bits per heavy atom. The summed E-state index contributed by atoms with van der Waals surface area (Å²) in [5.41, 5.74) is 0. The second kappa shape index (κ2) is 44.0. The first-order valence-corrected chi connectivity index (χ1v) is 22.3. The maximum atomic E-state index is 12.7. The van der Waals surface area contributed by atoms with Crippen molar-refractivity contribution in [3.8, 4) is 0 Å². The number of allylic oxidation sites excluding steroid dienone is 16. The molecule has 0 aromatic rings. The fraction of sp³-hybridized carbons (Fsp3) is 0.620. The van der Waals surface area contributed by atoms with E-state index in [9.17, 15) is 14.4 Å². The Morgan fingerprint density at radius 2 is 0.750 bits per heavy atom. The average molecular weight is 777 g/mol. The smallest absolute Gasteiger partial charge is 0.306 e. The molecule has 0 saturated heterocycles. The molecule has 1 atom stereocenters. The standard InChI is InChI=1S/C50H80O6/c1-4-7-10-13-16-19-22-24-25-27-28-31-34-37-40-43-49(52)55-46-47(45-54-48(51)42-39-36-33-30-21-18-15-12-9-6-3)56-50(53)44-41-38-35-32-29-26-23-20-17-14-11-8-5-2/h8,11,14-20,22-24,26,29,32,35,47H,4-7,9-10,12-13,21,25,27-28,30-31,33-34,36-46H2,1-3H3/b11-8-,17-14-,18-15-,19-16-,23-20-,24-22-,29-26-,35-32-. The minimum Gasteiger partial charge on any atom is -0.462 e. The molecular weight excluding hydrogens is 697 g/mol. The molecule has 6 nitrogen and oxygen atoms in total. The van der Waals surface area contributed by atoms with E-state index in [1.807, 2.05) is 54.7 Å². The van der Waals surface area contributed by atoms with Crippen LogP contribution in [0.15, 0.2) is 97.2 Å². The lowest BCUT2D eigenvalue weighted by atomic mass is 10.1. The summed E-state index contributed by atoms with van der Waals surface area (Å²) in [6.07, 6.45) is 56.8. The molecule has 0 bridgehead atoms. The van der Waals surface area contributed by atoms with Gasteiger partial charge >= 0.3 is 17.9 Å². The van der Waals surface area contributed by atoms with Crippen molar-refractivity contribution in [2.45, 2.75) is 187 Å². The summed E-state index contributed by atoms with van der Waals surface area (Å²) < 4.78 is 16.6. The van der Waals surface area contributed by atoms with Gasteiger partial charge in [-0.3, -0.25) is 14.4 Å². The van der Waals surface area contributed by atoms with Crippen LogP contribution in [0.25, 0.3) is 0 Å². The van der Waals surface area contributed by atoms with Gasteiger partial charge in [-0.25, -0.2) is 0 Å². The van der Waals surface area contributed by atoms with Crippen LogP contribution >= 0.6 is 0 Å². The fourth-order valence-corrected chi connectivity index (χ4v) is 5.56. The van der Waals surface area contributed by atoms with Crippen LogP contribution in [0, 0.1) is 0 Å². The topological polar surface area (TPSA) is 78.9 Å². The van der Waals surface area contributed by atoms with E-state index in [0.717, 1.165) is 83.5 Å². The minimum atomic E-state index is -0.822. The quantitative estimate of drug-likeness (QED) is 0.0204. The number of carbonyl (C=O) groups excluding carboxylic acids is 3. The number of unbranched alkanes of at least 4 members (excludes halogenated alkanes) is 16. The van der Waals surface area contributed by atoms with Gasteiger partial charge in [0.2, 0.25) is 0 Å². The molecule has 0 spiro atoms. The van der Waals surface area contributed by atoms with Gasteiger partial charge < -0.3 is 14.2 Å². The summed E-state index contributed by atoms with van der Waals surface area (Å²) in [5, 5.41) is 0. The maximum Gasteiger partial charge on any atom is 0.306 e. The lowest BCUT2D eigenvalue weighted by molar-refractivity contribution is -0.167. The van der Waals surface area contributed by atoms with Gasteiger partial charge in [0.25, 0.3) is 0 Å². The van der Waals surface area contributed by atoms with Crippen LogP contribution in [0.1, 0.15) is 181 Å².